The molecule has 0 spiro atoms. The van der Waals surface area contributed by atoms with Crippen LogP contribution in [0.25, 0.3) is 0 Å². The van der Waals surface area contributed by atoms with Crippen LogP contribution in [0.3, 0.4) is 0 Å². The summed E-state index contributed by atoms with van der Waals surface area (Å²) in [6, 6.07) is 0. The summed E-state index contributed by atoms with van der Waals surface area (Å²) in [5, 5.41) is 0. The van der Waals surface area contributed by atoms with E-state index < -0.39 is 0 Å². The van der Waals surface area contributed by atoms with Crippen LogP contribution in [0.15, 0.2) is 4.99 Å². The average molecular weight is 83.1 g/mol. The molecule has 0 aromatic carbocycles. The molecule has 1 heterocycles. The molecule has 0 aliphatic carbocycles. The molecule has 0 saturated carbocycles. The molecule has 32 valence electrons. The van der Waals surface area contributed by atoms with Crippen LogP contribution in [0.5, 0.6) is 0 Å². The van der Waals surface area contributed by atoms with Gasteiger partial charge >= 0.3 is 0 Å². The second kappa shape index (κ2) is 1.20. The molecule has 2 nitrogen and oxygen atoms in total. The smallest absolute Gasteiger partial charge is 0.240 e. The van der Waals surface area contributed by atoms with E-state index in [1.165, 1.54) is 0 Å². The van der Waals surface area contributed by atoms with E-state index in [9.17, 15) is 0 Å². The summed E-state index contributed by atoms with van der Waals surface area (Å²) in [5.41, 5.74) is 0. The van der Waals surface area contributed by atoms with Crippen LogP contribution in [-0.2, 0) is 0 Å². The molecule has 0 saturated heterocycles. The van der Waals surface area contributed by atoms with Crippen LogP contribution >= 0.6 is 0 Å². The Morgan fingerprint density at radius 2 is 2.67 bits per heavy atom. The van der Waals surface area contributed by atoms with Gasteiger partial charge < -0.3 is 0 Å². The number of rotatable bonds is 0. The van der Waals surface area contributed by atoms with E-state index >= 15 is 0 Å². The third kappa shape index (κ3) is 0.455. The summed E-state index contributed by atoms with van der Waals surface area (Å²) in [5.74, 6) is 0. The second-order valence-electron chi connectivity index (χ2n) is 1.33. The van der Waals surface area contributed by atoms with Crippen molar-refractivity contribution in [1.29, 1.82) is 0 Å². The van der Waals surface area contributed by atoms with Crippen LogP contribution in [0.2, 0.25) is 0 Å². The zero-order chi connectivity index (χ0) is 4.41. The third-order valence-corrected chi connectivity index (χ3v) is 0.739. The third-order valence-electron chi connectivity index (χ3n) is 0.739. The molecular weight excluding hydrogens is 76.1 g/mol. The fraction of sp³-hybridized carbons (Fsp3) is 0.500. The van der Waals surface area contributed by atoms with Crippen molar-refractivity contribution in [3.8, 4) is 0 Å². The summed E-state index contributed by atoms with van der Waals surface area (Å²) in [7, 11) is 1.97. The van der Waals surface area contributed by atoms with Gasteiger partial charge in [0.15, 0.2) is 6.54 Å². The van der Waals surface area contributed by atoms with Crippen LogP contribution in [0, 0.1) is 0 Å². The molecular formula is C4H7N2+. The van der Waals surface area contributed by atoms with Crippen LogP contribution in [0.1, 0.15) is 0 Å². The molecule has 0 aromatic rings. The van der Waals surface area contributed by atoms with Gasteiger partial charge in [-0.05, 0) is 0 Å². The first-order valence-corrected chi connectivity index (χ1v) is 1.95. The maximum Gasteiger partial charge on any atom is 0.280 e. The molecule has 0 fully saturated rings. The molecule has 0 N–H and O–H groups in total. The van der Waals surface area contributed by atoms with Crippen LogP contribution in [0.4, 0.5) is 0 Å². The van der Waals surface area contributed by atoms with E-state index in [1.807, 2.05) is 17.8 Å². The Hall–Kier alpha value is -0.660. The number of aliphatic imine (C=N–C) groups is 1. The molecule has 2 heteroatoms. The molecule has 6 heavy (non-hydrogen) atoms. The minimum Gasteiger partial charge on any atom is -0.240 e. The van der Waals surface area contributed by atoms with Crippen molar-refractivity contribution in [2.24, 2.45) is 4.99 Å². The zero-order valence-corrected chi connectivity index (χ0v) is 3.76. The Morgan fingerprint density at radius 3 is 2.83 bits per heavy atom. The van der Waals surface area contributed by atoms with Crippen molar-refractivity contribution in [1.82, 2.24) is 0 Å². The fourth-order valence-corrected chi connectivity index (χ4v) is 0.399. The highest BCUT2D eigenvalue weighted by Crippen LogP contribution is 1.71. The first-order chi connectivity index (χ1) is 2.89. The minimum atomic E-state index is 0.858. The lowest BCUT2D eigenvalue weighted by Gasteiger charge is -1.70. The fourth-order valence-electron chi connectivity index (χ4n) is 0.399. The standard InChI is InChI=1S/C4H7N2/c1-6-3-2-5-4-6/h3-4H,2H2,1H3/q+1. The van der Waals surface area contributed by atoms with Crippen molar-refractivity contribution < 1.29 is 4.58 Å². The molecule has 0 radical (unpaired) electrons. The summed E-state index contributed by atoms with van der Waals surface area (Å²) in [6.07, 6.45) is 3.82. The Bertz CT molecular complexity index is 99.4. The molecule has 1 rings (SSSR count). The normalized spacial score (nSPS) is 18.5. The summed E-state index contributed by atoms with van der Waals surface area (Å²) < 4.78 is 1.94. The largest absolute Gasteiger partial charge is 0.280 e. The highest BCUT2D eigenvalue weighted by atomic mass is 15.1. The Labute approximate surface area is 36.8 Å². The maximum absolute atomic E-state index is 3.91. The summed E-state index contributed by atoms with van der Waals surface area (Å²) in [6.45, 7) is 0.858. The van der Waals surface area contributed by atoms with Gasteiger partial charge in [-0.1, -0.05) is 4.99 Å². The summed E-state index contributed by atoms with van der Waals surface area (Å²) >= 11 is 0. The SMILES string of the molecule is C[N+]1=CCN=C1. The molecule has 0 amide bonds. The van der Waals surface area contributed by atoms with Crippen molar-refractivity contribution in [2.45, 2.75) is 0 Å². The quantitative estimate of drug-likeness (QED) is 0.359. The predicted molar refractivity (Wildman–Crippen MR) is 25.6 cm³/mol. The Morgan fingerprint density at radius 1 is 1.83 bits per heavy atom. The van der Waals surface area contributed by atoms with Gasteiger partial charge in [-0.3, -0.25) is 0 Å². The van der Waals surface area contributed by atoms with Gasteiger partial charge in [-0.15, -0.1) is 0 Å². The lowest BCUT2D eigenvalue weighted by Crippen LogP contribution is -1.96. The van der Waals surface area contributed by atoms with Crippen LogP contribution in [-0.4, -0.2) is 30.7 Å². The van der Waals surface area contributed by atoms with Gasteiger partial charge in [0.25, 0.3) is 6.34 Å². The molecule has 1 aliphatic rings. The van der Waals surface area contributed by atoms with E-state index in [0.29, 0.717) is 0 Å². The zero-order valence-electron chi connectivity index (χ0n) is 3.76. The minimum absolute atomic E-state index is 0.858. The molecule has 0 bridgehead atoms. The summed E-state index contributed by atoms with van der Waals surface area (Å²) in [4.78, 5) is 3.91. The lowest BCUT2D eigenvalue weighted by atomic mass is 10.8. The van der Waals surface area contributed by atoms with E-state index in [1.54, 1.807) is 6.34 Å². The number of hydrogen-bond donors (Lipinski definition) is 0. The highest BCUT2D eigenvalue weighted by molar-refractivity contribution is 5.67. The maximum atomic E-state index is 3.91. The first-order valence-electron chi connectivity index (χ1n) is 1.95. The number of nitrogens with zero attached hydrogens (tertiary/aromatic N) is 2. The van der Waals surface area contributed by atoms with Gasteiger partial charge in [0, 0.05) is 0 Å². The highest BCUT2D eigenvalue weighted by Gasteiger charge is 1.94. The molecule has 0 atom stereocenters. The van der Waals surface area contributed by atoms with Crippen LogP contribution < -0.4 is 0 Å². The molecule has 0 aromatic heterocycles. The van der Waals surface area contributed by atoms with E-state index in [0.717, 1.165) is 6.54 Å². The Kier molecular flexibility index (Phi) is 0.708. The average Bonchev–Trinajstić information content (AvgIpc) is 1.86. The van der Waals surface area contributed by atoms with Crippen molar-refractivity contribution >= 4 is 12.6 Å². The van der Waals surface area contributed by atoms with Gasteiger partial charge in [-0.2, -0.15) is 0 Å². The lowest BCUT2D eigenvalue weighted by molar-refractivity contribution is -0.351. The topological polar surface area (TPSA) is 15.4 Å². The van der Waals surface area contributed by atoms with Gasteiger partial charge in [-0.25, -0.2) is 4.58 Å². The predicted octanol–water partition coefficient (Wildman–Crippen LogP) is -0.259. The van der Waals surface area contributed by atoms with E-state index in [2.05, 4.69) is 4.99 Å². The Balaban J connectivity index is 2.68. The van der Waals surface area contributed by atoms with E-state index in [4.69, 9.17) is 0 Å². The van der Waals surface area contributed by atoms with E-state index in [-0.39, 0.29) is 0 Å². The second-order valence-corrected chi connectivity index (χ2v) is 1.33. The number of hydrogen-bond acceptors (Lipinski definition) is 1. The first kappa shape index (κ1) is 3.53. The molecule has 1 aliphatic heterocycles. The van der Waals surface area contributed by atoms with Crippen molar-refractivity contribution in [3.05, 3.63) is 0 Å². The molecule has 0 unspecified atom stereocenters. The van der Waals surface area contributed by atoms with Gasteiger partial charge in [0.2, 0.25) is 0 Å². The monoisotopic (exact) mass is 83.1 g/mol. The van der Waals surface area contributed by atoms with Crippen molar-refractivity contribution in [3.63, 3.8) is 0 Å². The van der Waals surface area contributed by atoms with Gasteiger partial charge in [0.05, 0.1) is 7.05 Å². The van der Waals surface area contributed by atoms with Gasteiger partial charge in [0.1, 0.15) is 6.21 Å². The van der Waals surface area contributed by atoms with Crippen molar-refractivity contribution in [2.75, 3.05) is 13.6 Å².